The number of halogens is 6. The zero-order chi connectivity index (χ0) is 24.1. The number of anilines is 3. The molecule has 2 aromatic heterocycles. The molecule has 0 fully saturated rings. The van der Waals surface area contributed by atoms with E-state index in [1.807, 2.05) is 0 Å². The van der Waals surface area contributed by atoms with Crippen LogP contribution in [0.1, 0.15) is 17.0 Å². The van der Waals surface area contributed by atoms with Gasteiger partial charge in [0.1, 0.15) is 23.5 Å². The maximum absolute atomic E-state index is 14.4. The molecule has 1 amide bonds. The summed E-state index contributed by atoms with van der Waals surface area (Å²) >= 11 is 5.75. The third kappa shape index (κ3) is 4.22. The number of hydrogen-bond acceptors (Lipinski definition) is 4. The van der Waals surface area contributed by atoms with Gasteiger partial charge >= 0.3 is 6.18 Å². The van der Waals surface area contributed by atoms with Crippen LogP contribution in [0.4, 0.5) is 39.1 Å². The van der Waals surface area contributed by atoms with Crippen LogP contribution in [0.3, 0.4) is 0 Å². The Kier molecular flexibility index (Phi) is 5.73. The van der Waals surface area contributed by atoms with Crippen LogP contribution in [0, 0.1) is 18.6 Å². The largest absolute Gasteiger partial charge is 0.416 e. The number of carbonyl (C=O) groups is 1. The average Bonchev–Trinajstić information content (AvgIpc) is 3.14. The van der Waals surface area contributed by atoms with E-state index in [1.54, 1.807) is 12.1 Å². The highest BCUT2D eigenvalue weighted by Gasteiger charge is 2.40. The molecule has 3 heterocycles. The van der Waals surface area contributed by atoms with Crippen molar-refractivity contribution in [1.82, 2.24) is 9.97 Å². The molecule has 0 radical (unpaired) electrons. The van der Waals surface area contributed by atoms with Crippen LogP contribution in [0.15, 0.2) is 42.6 Å². The molecule has 1 aromatic carbocycles. The summed E-state index contributed by atoms with van der Waals surface area (Å²) in [6.45, 7) is 1.41. The Bertz CT molecular complexity index is 1250. The minimum Gasteiger partial charge on any atom is -0.312 e. The Morgan fingerprint density at radius 2 is 1.91 bits per heavy atom. The molecule has 3 aromatic rings. The summed E-state index contributed by atoms with van der Waals surface area (Å²) in [6.07, 6.45) is -3.07. The minimum atomic E-state index is -4.62. The molecule has 172 valence electrons. The molecule has 0 unspecified atom stereocenters. The van der Waals surface area contributed by atoms with Crippen LogP contribution in [0.25, 0.3) is 0 Å². The smallest absolute Gasteiger partial charge is 0.312 e. The van der Waals surface area contributed by atoms with E-state index < -0.39 is 35.3 Å². The Labute approximate surface area is 190 Å². The average molecular weight is 483 g/mol. The van der Waals surface area contributed by atoms with Crippen LogP contribution < -0.4 is 9.80 Å². The summed E-state index contributed by atoms with van der Waals surface area (Å²) in [4.78, 5) is 24.2. The number of fused-ring (bicyclic) bond motifs is 1. The van der Waals surface area contributed by atoms with Gasteiger partial charge in [-0.3, -0.25) is 9.78 Å². The normalized spacial score (nSPS) is 15.5. The van der Waals surface area contributed by atoms with Gasteiger partial charge in [-0.25, -0.2) is 13.8 Å². The molecular weight excluding hydrogens is 467 g/mol. The first-order chi connectivity index (χ1) is 15.5. The SMILES string of the molecule is Cc1cc(C(F)(F)F)cc(N2c3cccnc3C[C@@H]2C(=O)N(C)c2cc(Cl)c(F)cc2F)n1. The van der Waals surface area contributed by atoms with Gasteiger partial charge in [-0.1, -0.05) is 11.6 Å². The number of hydrogen-bond donors (Lipinski definition) is 0. The van der Waals surface area contributed by atoms with Crippen molar-refractivity contribution in [3.63, 3.8) is 0 Å². The number of amides is 1. The molecule has 0 saturated carbocycles. The lowest BCUT2D eigenvalue weighted by Crippen LogP contribution is -2.45. The van der Waals surface area contributed by atoms with Gasteiger partial charge in [-0.2, -0.15) is 13.2 Å². The number of alkyl halides is 3. The Hall–Kier alpha value is -3.27. The van der Waals surface area contributed by atoms with Crippen LogP contribution in [-0.2, 0) is 17.4 Å². The van der Waals surface area contributed by atoms with Gasteiger partial charge in [0.05, 0.1) is 27.7 Å². The highest BCUT2D eigenvalue weighted by Crippen LogP contribution is 2.40. The second kappa shape index (κ2) is 8.26. The molecule has 11 heteroatoms. The number of pyridine rings is 2. The maximum Gasteiger partial charge on any atom is 0.416 e. The quantitative estimate of drug-likeness (QED) is 0.367. The number of benzene rings is 1. The second-order valence-electron chi connectivity index (χ2n) is 7.53. The van der Waals surface area contributed by atoms with Crippen molar-refractivity contribution in [2.75, 3.05) is 16.8 Å². The van der Waals surface area contributed by atoms with Crippen molar-refractivity contribution in [2.45, 2.75) is 25.6 Å². The molecule has 5 nitrogen and oxygen atoms in total. The van der Waals surface area contributed by atoms with Crippen molar-refractivity contribution < 1.29 is 26.7 Å². The minimum absolute atomic E-state index is 0.0485. The number of carbonyl (C=O) groups excluding carboxylic acids is 1. The van der Waals surface area contributed by atoms with Crippen molar-refractivity contribution in [3.05, 3.63) is 76.2 Å². The van der Waals surface area contributed by atoms with Gasteiger partial charge < -0.3 is 9.80 Å². The molecule has 1 aliphatic rings. The molecule has 4 rings (SSSR count). The molecule has 33 heavy (non-hydrogen) atoms. The van der Waals surface area contributed by atoms with E-state index in [4.69, 9.17) is 11.6 Å². The van der Waals surface area contributed by atoms with Crippen molar-refractivity contribution in [2.24, 2.45) is 0 Å². The fraction of sp³-hybridized carbons (Fsp3) is 0.227. The van der Waals surface area contributed by atoms with E-state index in [0.29, 0.717) is 17.4 Å². The van der Waals surface area contributed by atoms with E-state index in [0.717, 1.165) is 23.1 Å². The predicted molar refractivity (Wildman–Crippen MR) is 113 cm³/mol. The van der Waals surface area contributed by atoms with Gasteiger partial charge in [0.2, 0.25) is 5.91 Å². The van der Waals surface area contributed by atoms with Crippen molar-refractivity contribution in [1.29, 1.82) is 0 Å². The summed E-state index contributed by atoms with van der Waals surface area (Å²) in [7, 11) is 1.27. The first-order valence-corrected chi connectivity index (χ1v) is 10.1. The number of aryl methyl sites for hydroxylation is 1. The summed E-state index contributed by atoms with van der Waals surface area (Å²) < 4.78 is 68.3. The fourth-order valence-electron chi connectivity index (χ4n) is 3.78. The zero-order valence-electron chi connectivity index (χ0n) is 17.3. The van der Waals surface area contributed by atoms with Gasteiger partial charge in [-0.05, 0) is 37.3 Å². The van der Waals surface area contributed by atoms with Gasteiger partial charge in [0, 0.05) is 31.4 Å². The number of rotatable bonds is 3. The van der Waals surface area contributed by atoms with Crippen molar-refractivity contribution in [3.8, 4) is 0 Å². The van der Waals surface area contributed by atoms with E-state index in [-0.39, 0.29) is 28.6 Å². The molecule has 1 aliphatic heterocycles. The molecule has 0 N–H and O–H groups in total. The van der Waals surface area contributed by atoms with Crippen LogP contribution in [0.5, 0.6) is 0 Å². The van der Waals surface area contributed by atoms with Gasteiger partial charge in [0.15, 0.2) is 0 Å². The van der Waals surface area contributed by atoms with E-state index in [1.165, 1.54) is 25.1 Å². The Morgan fingerprint density at radius 1 is 1.18 bits per heavy atom. The highest BCUT2D eigenvalue weighted by atomic mass is 35.5. The summed E-state index contributed by atoms with van der Waals surface area (Å²) in [5, 5.41) is -0.380. The lowest BCUT2D eigenvalue weighted by atomic mass is 10.1. The molecule has 1 atom stereocenters. The lowest BCUT2D eigenvalue weighted by molar-refractivity contribution is -0.137. The van der Waals surface area contributed by atoms with Crippen molar-refractivity contribution >= 4 is 34.7 Å². The molecule has 0 aliphatic carbocycles. The Morgan fingerprint density at radius 3 is 2.61 bits per heavy atom. The standard InChI is InChI=1S/C22H16ClF5N4O/c1-11-6-12(22(26,27)28)7-20(30-11)32-17-4-3-5-29-16(17)10-19(32)21(33)31(2)18-8-13(23)14(24)9-15(18)25/h3-9,19H,10H2,1-2H3/t19-/m1/s1. The van der Waals surface area contributed by atoms with E-state index >= 15 is 0 Å². The third-order valence-electron chi connectivity index (χ3n) is 5.30. The molecule has 0 saturated heterocycles. The van der Waals surface area contributed by atoms with E-state index in [2.05, 4.69) is 9.97 Å². The molecule has 0 spiro atoms. The maximum atomic E-state index is 14.4. The fourth-order valence-corrected chi connectivity index (χ4v) is 3.94. The predicted octanol–water partition coefficient (Wildman–Crippen LogP) is 5.46. The number of nitrogens with zero attached hydrogens (tertiary/aromatic N) is 4. The molecule has 0 bridgehead atoms. The van der Waals surface area contributed by atoms with E-state index in [9.17, 15) is 26.7 Å². The number of aromatic nitrogens is 2. The topological polar surface area (TPSA) is 49.3 Å². The van der Waals surface area contributed by atoms with Crippen LogP contribution in [0.2, 0.25) is 5.02 Å². The molecular formula is C22H16ClF5N4O. The summed E-state index contributed by atoms with van der Waals surface area (Å²) in [5.41, 5.74) is -0.207. The Balaban J connectivity index is 1.80. The van der Waals surface area contributed by atoms with Crippen LogP contribution in [-0.4, -0.2) is 29.0 Å². The summed E-state index contributed by atoms with van der Waals surface area (Å²) in [5.74, 6) is -2.76. The third-order valence-corrected chi connectivity index (χ3v) is 5.59. The van der Waals surface area contributed by atoms with Crippen LogP contribution >= 0.6 is 11.6 Å². The van der Waals surface area contributed by atoms with Gasteiger partial charge in [-0.15, -0.1) is 0 Å². The van der Waals surface area contributed by atoms with Gasteiger partial charge in [0.25, 0.3) is 0 Å². The highest BCUT2D eigenvalue weighted by molar-refractivity contribution is 6.31. The first kappa shape index (κ1) is 22.9. The summed E-state index contributed by atoms with van der Waals surface area (Å²) in [6, 6.07) is 5.42. The zero-order valence-corrected chi connectivity index (χ0v) is 18.0. The monoisotopic (exact) mass is 482 g/mol. The first-order valence-electron chi connectivity index (χ1n) is 9.68. The lowest BCUT2D eigenvalue weighted by Gasteiger charge is -2.30. The second-order valence-corrected chi connectivity index (χ2v) is 7.93. The number of likely N-dealkylation sites (N-methyl/N-ethyl adjacent to an activating group) is 1.